The van der Waals surface area contributed by atoms with Gasteiger partial charge >= 0.3 is 0 Å². The third-order valence-electron chi connectivity index (χ3n) is 3.31. The minimum atomic E-state index is -0.151. The van der Waals surface area contributed by atoms with Gasteiger partial charge in [-0.3, -0.25) is 0 Å². The van der Waals surface area contributed by atoms with Gasteiger partial charge in [0.2, 0.25) is 0 Å². The van der Waals surface area contributed by atoms with Crippen LogP contribution >= 0.6 is 0 Å². The van der Waals surface area contributed by atoms with E-state index in [0.717, 1.165) is 30.1 Å². The highest BCUT2D eigenvalue weighted by atomic mass is 16.5. The number of ether oxygens (including phenoxy) is 2. The number of nitrogens with two attached hydrogens (primary N) is 1. The van der Waals surface area contributed by atoms with Crippen LogP contribution in [0.25, 0.3) is 0 Å². The Labute approximate surface area is 126 Å². The van der Waals surface area contributed by atoms with Gasteiger partial charge in [0, 0.05) is 0 Å². The Morgan fingerprint density at radius 1 is 0.952 bits per heavy atom. The van der Waals surface area contributed by atoms with Crippen LogP contribution in [0.3, 0.4) is 0 Å². The van der Waals surface area contributed by atoms with Crippen molar-refractivity contribution in [1.82, 2.24) is 0 Å². The van der Waals surface area contributed by atoms with Crippen LogP contribution in [0.4, 0.5) is 0 Å². The maximum Gasteiger partial charge on any atom is 0.120 e. The topological polar surface area (TPSA) is 44.5 Å². The molecular formula is C18H23NO2. The van der Waals surface area contributed by atoms with Gasteiger partial charge < -0.3 is 15.2 Å². The lowest BCUT2D eigenvalue weighted by molar-refractivity contribution is 0.190. The van der Waals surface area contributed by atoms with E-state index >= 15 is 0 Å². The van der Waals surface area contributed by atoms with Crippen LogP contribution in [0, 0.1) is 0 Å². The molecule has 112 valence electrons. The van der Waals surface area contributed by atoms with Crippen LogP contribution < -0.4 is 15.2 Å². The maximum atomic E-state index is 6.23. The molecule has 2 unspecified atom stereocenters. The first-order valence-corrected chi connectivity index (χ1v) is 7.40. The highest BCUT2D eigenvalue weighted by molar-refractivity contribution is 5.31. The Bertz CT molecular complexity index is 525. The van der Waals surface area contributed by atoms with Gasteiger partial charge in [-0.2, -0.15) is 0 Å². The van der Waals surface area contributed by atoms with E-state index in [9.17, 15) is 0 Å². The molecule has 2 rings (SSSR count). The standard InChI is InChI=1S/C18H23NO2/c1-3-13-20-16-9-11-17(12-10-16)21-14(2)18(19)15-7-5-4-6-8-15/h4-12,14,18H,3,13,19H2,1-2H3. The minimum Gasteiger partial charge on any atom is -0.494 e. The molecule has 2 aromatic carbocycles. The second kappa shape index (κ2) is 7.70. The summed E-state index contributed by atoms with van der Waals surface area (Å²) in [7, 11) is 0. The molecule has 2 aromatic rings. The number of benzene rings is 2. The highest BCUT2D eigenvalue weighted by Crippen LogP contribution is 2.22. The molecule has 0 aliphatic carbocycles. The first kappa shape index (κ1) is 15.4. The second-order valence-corrected chi connectivity index (χ2v) is 5.08. The van der Waals surface area contributed by atoms with E-state index in [2.05, 4.69) is 6.92 Å². The van der Waals surface area contributed by atoms with Gasteiger partial charge in [0.1, 0.15) is 17.6 Å². The second-order valence-electron chi connectivity index (χ2n) is 5.08. The molecule has 3 heteroatoms. The maximum absolute atomic E-state index is 6.23. The third kappa shape index (κ3) is 4.50. The quantitative estimate of drug-likeness (QED) is 0.838. The molecule has 0 heterocycles. The summed E-state index contributed by atoms with van der Waals surface area (Å²) >= 11 is 0. The smallest absolute Gasteiger partial charge is 0.120 e. The van der Waals surface area contributed by atoms with Crippen molar-refractivity contribution in [3.63, 3.8) is 0 Å². The molecule has 2 N–H and O–H groups in total. The van der Waals surface area contributed by atoms with Gasteiger partial charge in [-0.1, -0.05) is 37.3 Å². The van der Waals surface area contributed by atoms with Crippen LogP contribution in [0.2, 0.25) is 0 Å². The van der Waals surface area contributed by atoms with Gasteiger partial charge in [-0.25, -0.2) is 0 Å². The van der Waals surface area contributed by atoms with Gasteiger partial charge in [-0.15, -0.1) is 0 Å². The summed E-state index contributed by atoms with van der Waals surface area (Å²) in [6, 6.07) is 17.5. The number of rotatable bonds is 7. The van der Waals surface area contributed by atoms with Crippen molar-refractivity contribution >= 4 is 0 Å². The third-order valence-corrected chi connectivity index (χ3v) is 3.31. The zero-order valence-electron chi connectivity index (χ0n) is 12.7. The van der Waals surface area contributed by atoms with Gasteiger partial charge in [-0.05, 0) is 43.2 Å². The molecule has 2 atom stereocenters. The SMILES string of the molecule is CCCOc1ccc(OC(C)C(N)c2ccccc2)cc1. The van der Waals surface area contributed by atoms with Crippen molar-refractivity contribution in [3.8, 4) is 11.5 Å². The average molecular weight is 285 g/mol. The lowest BCUT2D eigenvalue weighted by atomic mass is 10.0. The summed E-state index contributed by atoms with van der Waals surface area (Å²) in [4.78, 5) is 0. The molecule has 0 saturated heterocycles. The summed E-state index contributed by atoms with van der Waals surface area (Å²) in [6.45, 7) is 4.80. The van der Waals surface area contributed by atoms with Crippen LogP contribution in [0.15, 0.2) is 54.6 Å². The molecule has 0 aliphatic heterocycles. The van der Waals surface area contributed by atoms with Gasteiger partial charge in [0.15, 0.2) is 0 Å². The van der Waals surface area contributed by atoms with E-state index in [1.807, 2.05) is 61.5 Å². The molecule has 0 spiro atoms. The summed E-state index contributed by atoms with van der Waals surface area (Å²) < 4.78 is 11.5. The van der Waals surface area contributed by atoms with Crippen molar-refractivity contribution in [2.24, 2.45) is 5.73 Å². The van der Waals surface area contributed by atoms with Gasteiger partial charge in [0.25, 0.3) is 0 Å². The molecule has 0 fully saturated rings. The predicted octanol–water partition coefficient (Wildman–Crippen LogP) is 3.94. The molecule has 3 nitrogen and oxygen atoms in total. The Balaban J connectivity index is 1.94. The Hall–Kier alpha value is -2.00. The lowest BCUT2D eigenvalue weighted by Gasteiger charge is -2.22. The van der Waals surface area contributed by atoms with Crippen molar-refractivity contribution in [1.29, 1.82) is 0 Å². The summed E-state index contributed by atoms with van der Waals surface area (Å²) in [5.41, 5.74) is 7.31. The van der Waals surface area contributed by atoms with Crippen molar-refractivity contribution < 1.29 is 9.47 Å². The zero-order valence-corrected chi connectivity index (χ0v) is 12.7. The molecule has 0 saturated carbocycles. The molecule has 0 bridgehead atoms. The van der Waals surface area contributed by atoms with Crippen LogP contribution in [-0.4, -0.2) is 12.7 Å². The summed E-state index contributed by atoms with van der Waals surface area (Å²) in [6.07, 6.45) is 0.899. The molecule has 21 heavy (non-hydrogen) atoms. The monoisotopic (exact) mass is 285 g/mol. The minimum absolute atomic E-state index is 0.102. The van der Waals surface area contributed by atoms with Crippen molar-refractivity contribution in [2.75, 3.05) is 6.61 Å². The Morgan fingerprint density at radius 2 is 1.57 bits per heavy atom. The van der Waals surface area contributed by atoms with E-state index in [1.54, 1.807) is 0 Å². The average Bonchev–Trinajstić information content (AvgIpc) is 2.54. The zero-order chi connectivity index (χ0) is 15.1. The molecule has 0 radical (unpaired) electrons. The fraction of sp³-hybridized carbons (Fsp3) is 0.333. The van der Waals surface area contributed by atoms with Crippen LogP contribution in [0.1, 0.15) is 31.9 Å². The summed E-state index contributed by atoms with van der Waals surface area (Å²) in [5, 5.41) is 0. The van der Waals surface area contributed by atoms with Crippen LogP contribution in [-0.2, 0) is 0 Å². The van der Waals surface area contributed by atoms with Crippen molar-refractivity contribution in [3.05, 3.63) is 60.2 Å². The predicted molar refractivity (Wildman–Crippen MR) is 85.7 cm³/mol. The highest BCUT2D eigenvalue weighted by Gasteiger charge is 2.16. The van der Waals surface area contributed by atoms with E-state index in [0.29, 0.717) is 0 Å². The molecule has 0 aromatic heterocycles. The number of hydrogen-bond donors (Lipinski definition) is 1. The fourth-order valence-corrected chi connectivity index (χ4v) is 2.07. The van der Waals surface area contributed by atoms with Crippen LogP contribution in [0.5, 0.6) is 11.5 Å². The lowest BCUT2D eigenvalue weighted by Crippen LogP contribution is -2.28. The van der Waals surface area contributed by atoms with E-state index in [4.69, 9.17) is 15.2 Å². The van der Waals surface area contributed by atoms with Gasteiger partial charge in [0.05, 0.1) is 12.6 Å². The Kier molecular flexibility index (Phi) is 5.64. The fourth-order valence-electron chi connectivity index (χ4n) is 2.07. The molecule has 0 aliphatic rings. The number of hydrogen-bond acceptors (Lipinski definition) is 3. The first-order chi connectivity index (χ1) is 10.2. The molecule has 0 amide bonds. The Morgan fingerprint density at radius 3 is 2.19 bits per heavy atom. The normalized spacial score (nSPS) is 13.5. The van der Waals surface area contributed by atoms with Crippen molar-refractivity contribution in [2.45, 2.75) is 32.4 Å². The van der Waals surface area contributed by atoms with E-state index in [-0.39, 0.29) is 12.1 Å². The molecular weight excluding hydrogens is 262 g/mol. The van der Waals surface area contributed by atoms with E-state index < -0.39 is 0 Å². The summed E-state index contributed by atoms with van der Waals surface area (Å²) in [5.74, 6) is 1.67. The first-order valence-electron chi connectivity index (χ1n) is 7.40. The largest absolute Gasteiger partial charge is 0.494 e. The van der Waals surface area contributed by atoms with E-state index in [1.165, 1.54) is 0 Å².